The minimum atomic E-state index is 0.892. The molecule has 0 aliphatic carbocycles. The van der Waals surface area contributed by atoms with Gasteiger partial charge >= 0.3 is 0 Å². The van der Waals surface area contributed by atoms with Crippen molar-refractivity contribution in [3.63, 3.8) is 0 Å². The van der Waals surface area contributed by atoms with Gasteiger partial charge in [-0.05, 0) is 30.2 Å². The van der Waals surface area contributed by atoms with Gasteiger partial charge in [0.15, 0.2) is 0 Å². The molecule has 2 N–H and O–H groups in total. The van der Waals surface area contributed by atoms with E-state index in [0.29, 0.717) is 0 Å². The van der Waals surface area contributed by atoms with Crippen molar-refractivity contribution in [3.8, 4) is 0 Å². The predicted octanol–water partition coefficient (Wildman–Crippen LogP) is 3.33. The summed E-state index contributed by atoms with van der Waals surface area (Å²) >= 11 is 0. The highest BCUT2D eigenvalue weighted by Crippen LogP contribution is 2.10. The van der Waals surface area contributed by atoms with Crippen LogP contribution in [-0.4, -0.2) is 7.05 Å². The molecule has 0 amide bonds. The summed E-state index contributed by atoms with van der Waals surface area (Å²) in [7, 11) is 1.94. The highest BCUT2D eigenvalue weighted by atomic mass is 14.9. The topological polar surface area (TPSA) is 24.1 Å². The molecule has 2 aromatic rings. The molecule has 94 valence electrons. The molecule has 0 aromatic heterocycles. The van der Waals surface area contributed by atoms with Gasteiger partial charge in [0.1, 0.15) is 0 Å². The second-order valence-corrected chi connectivity index (χ2v) is 4.54. The summed E-state index contributed by atoms with van der Waals surface area (Å²) in [5.74, 6) is 0. The fourth-order valence-corrected chi connectivity index (χ4v) is 2.01. The summed E-state index contributed by atoms with van der Waals surface area (Å²) in [5, 5.41) is 6.62. The molecule has 2 rings (SSSR count). The minimum absolute atomic E-state index is 0.892. The molecule has 0 unspecified atom stereocenters. The van der Waals surface area contributed by atoms with Crippen LogP contribution < -0.4 is 10.6 Å². The third kappa shape index (κ3) is 3.60. The average molecular weight is 240 g/mol. The first-order valence-electron chi connectivity index (χ1n) is 6.31. The van der Waals surface area contributed by atoms with E-state index in [4.69, 9.17) is 0 Å². The second-order valence-electron chi connectivity index (χ2n) is 4.54. The highest BCUT2D eigenvalue weighted by Gasteiger charge is 1.96. The van der Waals surface area contributed by atoms with E-state index in [-0.39, 0.29) is 0 Å². The van der Waals surface area contributed by atoms with Gasteiger partial charge in [-0.2, -0.15) is 0 Å². The Morgan fingerprint density at radius 3 is 2.22 bits per heavy atom. The van der Waals surface area contributed by atoms with Crippen molar-refractivity contribution in [1.82, 2.24) is 5.32 Å². The molecule has 0 bridgehead atoms. The Morgan fingerprint density at radius 2 is 1.56 bits per heavy atom. The first-order chi connectivity index (χ1) is 8.78. The lowest BCUT2D eigenvalue weighted by atomic mass is 10.1. The van der Waals surface area contributed by atoms with Gasteiger partial charge in [-0.25, -0.2) is 0 Å². The standard InChI is InChI=1S/C16H20N2/c1-13-5-3-6-14(9-13)11-18-12-15-7-4-8-16(10-15)17-2/h3-10,17-18H,11-12H2,1-2H3. The fraction of sp³-hybridized carbons (Fsp3) is 0.250. The zero-order valence-electron chi connectivity index (χ0n) is 11.0. The SMILES string of the molecule is CNc1cccc(CNCc2cccc(C)c2)c1. The van der Waals surface area contributed by atoms with Crippen molar-refractivity contribution in [2.45, 2.75) is 20.0 Å². The second kappa shape index (κ2) is 6.22. The molecule has 0 atom stereocenters. The Labute approximate surface area is 109 Å². The van der Waals surface area contributed by atoms with E-state index < -0.39 is 0 Å². The van der Waals surface area contributed by atoms with Gasteiger partial charge in [0, 0.05) is 25.8 Å². The van der Waals surface area contributed by atoms with Crippen LogP contribution in [0.5, 0.6) is 0 Å². The van der Waals surface area contributed by atoms with Crippen LogP contribution in [0.15, 0.2) is 48.5 Å². The summed E-state index contributed by atoms with van der Waals surface area (Å²) in [6.07, 6.45) is 0. The lowest BCUT2D eigenvalue weighted by Gasteiger charge is -2.07. The maximum atomic E-state index is 3.47. The third-order valence-corrected chi connectivity index (χ3v) is 2.96. The summed E-state index contributed by atoms with van der Waals surface area (Å²) in [5.41, 5.74) is 5.10. The lowest BCUT2D eigenvalue weighted by molar-refractivity contribution is 0.693. The smallest absolute Gasteiger partial charge is 0.0340 e. The van der Waals surface area contributed by atoms with Gasteiger partial charge in [-0.3, -0.25) is 0 Å². The van der Waals surface area contributed by atoms with Gasteiger partial charge in [0.05, 0.1) is 0 Å². The van der Waals surface area contributed by atoms with Gasteiger partial charge in [0.2, 0.25) is 0 Å². The normalized spacial score (nSPS) is 10.3. The Morgan fingerprint density at radius 1 is 0.889 bits per heavy atom. The summed E-state index contributed by atoms with van der Waals surface area (Å²) < 4.78 is 0. The van der Waals surface area contributed by atoms with Crippen molar-refractivity contribution < 1.29 is 0 Å². The zero-order valence-corrected chi connectivity index (χ0v) is 11.0. The van der Waals surface area contributed by atoms with Crippen LogP contribution in [0.4, 0.5) is 5.69 Å². The Kier molecular flexibility index (Phi) is 4.37. The molecule has 18 heavy (non-hydrogen) atoms. The molecule has 0 saturated carbocycles. The molecule has 0 radical (unpaired) electrons. The van der Waals surface area contributed by atoms with Crippen LogP contribution in [0.25, 0.3) is 0 Å². The molecule has 0 fully saturated rings. The number of hydrogen-bond donors (Lipinski definition) is 2. The Bertz CT molecular complexity index is 506. The van der Waals surface area contributed by atoms with Crippen LogP contribution >= 0.6 is 0 Å². The van der Waals surface area contributed by atoms with Crippen LogP contribution in [0, 0.1) is 6.92 Å². The van der Waals surface area contributed by atoms with Crippen molar-refractivity contribution in [2.75, 3.05) is 12.4 Å². The highest BCUT2D eigenvalue weighted by molar-refractivity contribution is 5.44. The number of hydrogen-bond acceptors (Lipinski definition) is 2. The lowest BCUT2D eigenvalue weighted by Crippen LogP contribution is -2.12. The molecule has 0 aliphatic heterocycles. The molecule has 0 saturated heterocycles. The van der Waals surface area contributed by atoms with Crippen LogP contribution in [0.1, 0.15) is 16.7 Å². The van der Waals surface area contributed by atoms with Crippen molar-refractivity contribution >= 4 is 5.69 Å². The zero-order chi connectivity index (χ0) is 12.8. The first kappa shape index (κ1) is 12.7. The van der Waals surface area contributed by atoms with E-state index in [1.807, 2.05) is 7.05 Å². The first-order valence-corrected chi connectivity index (χ1v) is 6.31. The molecule has 0 aliphatic rings. The number of rotatable bonds is 5. The molecular formula is C16H20N2. The largest absolute Gasteiger partial charge is 0.388 e. The van der Waals surface area contributed by atoms with Crippen molar-refractivity contribution in [3.05, 3.63) is 65.2 Å². The number of anilines is 1. The number of nitrogens with one attached hydrogen (secondary N) is 2. The van der Waals surface area contributed by atoms with E-state index in [1.54, 1.807) is 0 Å². The maximum Gasteiger partial charge on any atom is 0.0340 e. The molecule has 2 nitrogen and oxygen atoms in total. The van der Waals surface area contributed by atoms with Crippen molar-refractivity contribution in [2.24, 2.45) is 0 Å². The van der Waals surface area contributed by atoms with Crippen LogP contribution in [0.2, 0.25) is 0 Å². The average Bonchev–Trinajstić information content (AvgIpc) is 2.39. The number of benzene rings is 2. The summed E-state index contributed by atoms with van der Waals surface area (Å²) in [6, 6.07) is 17.1. The predicted molar refractivity (Wildman–Crippen MR) is 77.7 cm³/mol. The van der Waals surface area contributed by atoms with Gasteiger partial charge in [-0.1, -0.05) is 42.0 Å². The van der Waals surface area contributed by atoms with Gasteiger partial charge < -0.3 is 10.6 Å². The summed E-state index contributed by atoms with van der Waals surface area (Å²) in [4.78, 5) is 0. The molecule has 2 aromatic carbocycles. The monoisotopic (exact) mass is 240 g/mol. The summed E-state index contributed by atoms with van der Waals surface area (Å²) in [6.45, 7) is 3.93. The van der Waals surface area contributed by atoms with E-state index >= 15 is 0 Å². The molecule has 2 heteroatoms. The fourth-order valence-electron chi connectivity index (χ4n) is 2.01. The molecular weight excluding hydrogens is 220 g/mol. The van der Waals surface area contributed by atoms with Crippen molar-refractivity contribution in [1.29, 1.82) is 0 Å². The maximum absolute atomic E-state index is 3.47. The molecule has 0 heterocycles. The van der Waals surface area contributed by atoms with E-state index in [0.717, 1.165) is 18.8 Å². The van der Waals surface area contributed by atoms with Gasteiger partial charge in [0.25, 0.3) is 0 Å². The Hall–Kier alpha value is -1.80. The van der Waals surface area contributed by atoms with Gasteiger partial charge in [-0.15, -0.1) is 0 Å². The third-order valence-electron chi connectivity index (χ3n) is 2.96. The Balaban J connectivity index is 1.88. The van der Waals surface area contributed by atoms with E-state index in [9.17, 15) is 0 Å². The van der Waals surface area contributed by atoms with Crippen LogP contribution in [-0.2, 0) is 13.1 Å². The minimum Gasteiger partial charge on any atom is -0.388 e. The quantitative estimate of drug-likeness (QED) is 0.837. The van der Waals surface area contributed by atoms with E-state index in [2.05, 4.69) is 66.1 Å². The van der Waals surface area contributed by atoms with E-state index in [1.165, 1.54) is 16.7 Å². The number of aryl methyl sites for hydroxylation is 1. The van der Waals surface area contributed by atoms with Crippen LogP contribution in [0.3, 0.4) is 0 Å². The molecule has 0 spiro atoms.